The van der Waals surface area contributed by atoms with E-state index in [9.17, 15) is 4.79 Å². The van der Waals surface area contributed by atoms with E-state index in [-0.39, 0.29) is 5.91 Å². The van der Waals surface area contributed by atoms with Gasteiger partial charge < -0.3 is 11.1 Å². The number of hydrogen-bond acceptors (Lipinski definition) is 3. The average molecular weight is 238 g/mol. The third-order valence-electron chi connectivity index (χ3n) is 2.25. The molecule has 0 saturated heterocycles. The molecule has 1 aromatic carbocycles. The molecule has 0 saturated carbocycles. The van der Waals surface area contributed by atoms with Crippen molar-refractivity contribution in [2.24, 2.45) is 5.73 Å². The van der Waals surface area contributed by atoms with E-state index < -0.39 is 0 Å². The molecule has 0 atom stereocenters. The summed E-state index contributed by atoms with van der Waals surface area (Å²) < 4.78 is 0. The van der Waals surface area contributed by atoms with E-state index in [1.165, 1.54) is 12.2 Å². The Hall–Kier alpha value is -1.16. The largest absolute Gasteiger partial charge is 0.385 e. The number of thioether (sulfide) groups is 1. The number of carbonyl (C=O) groups is 1. The second kappa shape index (κ2) is 7.17. The van der Waals surface area contributed by atoms with Crippen molar-refractivity contribution in [3.8, 4) is 0 Å². The van der Waals surface area contributed by atoms with Crippen LogP contribution >= 0.6 is 11.8 Å². The van der Waals surface area contributed by atoms with E-state index >= 15 is 0 Å². The molecule has 0 aromatic heterocycles. The van der Waals surface area contributed by atoms with Crippen LogP contribution < -0.4 is 11.1 Å². The molecule has 16 heavy (non-hydrogen) atoms. The minimum Gasteiger partial charge on any atom is -0.385 e. The molecular formula is C12H18N2OS. The maximum absolute atomic E-state index is 11.0. The van der Waals surface area contributed by atoms with E-state index in [2.05, 4.69) is 11.6 Å². The van der Waals surface area contributed by atoms with Crippen molar-refractivity contribution in [1.82, 2.24) is 0 Å². The first kappa shape index (κ1) is 12.9. The van der Waals surface area contributed by atoms with Gasteiger partial charge in [-0.2, -0.15) is 11.8 Å². The molecular weight excluding hydrogens is 220 g/mol. The topological polar surface area (TPSA) is 55.1 Å². The summed E-state index contributed by atoms with van der Waals surface area (Å²) in [5.41, 5.74) is 6.72. The van der Waals surface area contributed by atoms with E-state index in [4.69, 9.17) is 5.73 Å². The van der Waals surface area contributed by atoms with Gasteiger partial charge in [0.1, 0.15) is 0 Å². The molecule has 0 aliphatic rings. The van der Waals surface area contributed by atoms with Gasteiger partial charge in [0, 0.05) is 17.8 Å². The molecule has 3 nitrogen and oxygen atoms in total. The Labute approximate surface area is 101 Å². The number of amides is 1. The maximum atomic E-state index is 11.0. The molecule has 0 bridgehead atoms. The molecule has 0 aliphatic carbocycles. The van der Waals surface area contributed by atoms with Crippen LogP contribution in [0.25, 0.3) is 0 Å². The summed E-state index contributed by atoms with van der Waals surface area (Å²) in [5, 5.41) is 3.28. The van der Waals surface area contributed by atoms with Crippen LogP contribution in [0.1, 0.15) is 23.2 Å². The van der Waals surface area contributed by atoms with Crippen LogP contribution in [-0.2, 0) is 0 Å². The Kier molecular flexibility index (Phi) is 5.78. The van der Waals surface area contributed by atoms with E-state index in [1.54, 1.807) is 12.1 Å². The molecule has 4 heteroatoms. The van der Waals surface area contributed by atoms with Crippen LogP contribution in [0.2, 0.25) is 0 Å². The van der Waals surface area contributed by atoms with Crippen LogP contribution in [0.5, 0.6) is 0 Å². The van der Waals surface area contributed by atoms with Crippen LogP contribution in [0.3, 0.4) is 0 Å². The lowest BCUT2D eigenvalue weighted by Gasteiger charge is -2.06. The third kappa shape index (κ3) is 4.57. The number of carbonyl (C=O) groups excluding carboxylic acids is 1. The van der Waals surface area contributed by atoms with Gasteiger partial charge in [-0.1, -0.05) is 6.07 Å². The van der Waals surface area contributed by atoms with Gasteiger partial charge in [0.05, 0.1) is 0 Å². The number of anilines is 1. The highest BCUT2D eigenvalue weighted by Gasteiger charge is 2.00. The zero-order valence-corrected chi connectivity index (χ0v) is 10.3. The summed E-state index contributed by atoms with van der Waals surface area (Å²) >= 11 is 1.87. The van der Waals surface area contributed by atoms with Crippen molar-refractivity contribution >= 4 is 23.4 Å². The Morgan fingerprint density at radius 1 is 1.44 bits per heavy atom. The molecule has 3 N–H and O–H groups in total. The number of nitrogens with one attached hydrogen (secondary N) is 1. The van der Waals surface area contributed by atoms with Gasteiger partial charge in [-0.25, -0.2) is 0 Å². The molecule has 0 spiro atoms. The molecule has 0 aliphatic heterocycles. The fourth-order valence-corrected chi connectivity index (χ4v) is 1.88. The van der Waals surface area contributed by atoms with Crippen LogP contribution in [0.15, 0.2) is 24.3 Å². The minimum atomic E-state index is -0.383. The van der Waals surface area contributed by atoms with Crippen molar-refractivity contribution in [3.63, 3.8) is 0 Å². The second-order valence-corrected chi connectivity index (χ2v) is 4.56. The lowest BCUT2D eigenvalue weighted by atomic mass is 10.2. The quantitative estimate of drug-likeness (QED) is 0.717. The standard InChI is InChI=1S/C12H18N2OS/c1-16-8-3-2-7-14-11-6-4-5-10(9-11)12(13)15/h4-6,9,14H,2-3,7-8H2,1H3,(H2,13,15). The highest BCUT2D eigenvalue weighted by Crippen LogP contribution is 2.10. The first-order chi connectivity index (χ1) is 7.74. The zero-order chi connectivity index (χ0) is 11.8. The normalized spacial score (nSPS) is 10.1. The first-order valence-corrected chi connectivity index (χ1v) is 6.76. The molecule has 1 rings (SSSR count). The highest BCUT2D eigenvalue weighted by atomic mass is 32.2. The fraction of sp³-hybridized carbons (Fsp3) is 0.417. The van der Waals surface area contributed by atoms with Crippen LogP contribution in [-0.4, -0.2) is 24.5 Å². The Bertz CT molecular complexity index is 342. The molecule has 0 heterocycles. The van der Waals surface area contributed by atoms with Crippen molar-refractivity contribution in [1.29, 1.82) is 0 Å². The van der Waals surface area contributed by atoms with Gasteiger partial charge in [-0.15, -0.1) is 0 Å². The number of primary amides is 1. The summed E-state index contributed by atoms with van der Waals surface area (Å²) in [6.45, 7) is 0.933. The predicted octanol–water partition coefficient (Wildman–Crippen LogP) is 2.34. The number of unbranched alkanes of at least 4 members (excludes halogenated alkanes) is 1. The first-order valence-electron chi connectivity index (χ1n) is 5.36. The molecule has 1 amide bonds. The fourth-order valence-electron chi connectivity index (χ4n) is 1.39. The van der Waals surface area contributed by atoms with Crippen molar-refractivity contribution in [2.75, 3.05) is 23.9 Å². The number of hydrogen-bond donors (Lipinski definition) is 2. The summed E-state index contributed by atoms with van der Waals surface area (Å²) in [5.74, 6) is 0.814. The molecule has 0 radical (unpaired) electrons. The molecule has 1 aromatic rings. The maximum Gasteiger partial charge on any atom is 0.248 e. The zero-order valence-electron chi connectivity index (χ0n) is 9.53. The van der Waals surface area contributed by atoms with Gasteiger partial charge in [-0.3, -0.25) is 4.79 Å². The van der Waals surface area contributed by atoms with E-state index in [1.807, 2.05) is 23.9 Å². The Balaban J connectivity index is 2.36. The SMILES string of the molecule is CSCCCCNc1cccc(C(N)=O)c1. The van der Waals surface area contributed by atoms with Crippen molar-refractivity contribution in [3.05, 3.63) is 29.8 Å². The lowest BCUT2D eigenvalue weighted by molar-refractivity contribution is 0.100. The van der Waals surface area contributed by atoms with E-state index in [0.717, 1.165) is 18.7 Å². The van der Waals surface area contributed by atoms with Crippen LogP contribution in [0, 0.1) is 0 Å². The smallest absolute Gasteiger partial charge is 0.248 e. The summed E-state index contributed by atoms with van der Waals surface area (Å²) in [6, 6.07) is 7.30. The monoisotopic (exact) mass is 238 g/mol. The van der Waals surface area contributed by atoms with E-state index in [0.29, 0.717) is 5.56 Å². The predicted molar refractivity (Wildman–Crippen MR) is 71.1 cm³/mol. The van der Waals surface area contributed by atoms with Gasteiger partial charge >= 0.3 is 0 Å². The highest BCUT2D eigenvalue weighted by molar-refractivity contribution is 7.98. The Morgan fingerprint density at radius 2 is 2.25 bits per heavy atom. The van der Waals surface area contributed by atoms with Gasteiger partial charge in [0.25, 0.3) is 0 Å². The number of rotatable bonds is 7. The average Bonchev–Trinajstić information content (AvgIpc) is 2.29. The summed E-state index contributed by atoms with van der Waals surface area (Å²) in [4.78, 5) is 11.0. The van der Waals surface area contributed by atoms with Crippen molar-refractivity contribution in [2.45, 2.75) is 12.8 Å². The minimum absolute atomic E-state index is 0.383. The van der Waals surface area contributed by atoms with Crippen molar-refractivity contribution < 1.29 is 4.79 Å². The Morgan fingerprint density at radius 3 is 2.94 bits per heavy atom. The van der Waals surface area contributed by atoms with Gasteiger partial charge in [0.2, 0.25) is 5.91 Å². The summed E-state index contributed by atoms with van der Waals surface area (Å²) in [6.07, 6.45) is 4.47. The van der Waals surface area contributed by atoms with Crippen LogP contribution in [0.4, 0.5) is 5.69 Å². The van der Waals surface area contributed by atoms with Gasteiger partial charge in [-0.05, 0) is 43.0 Å². The molecule has 88 valence electrons. The number of benzene rings is 1. The lowest BCUT2D eigenvalue weighted by Crippen LogP contribution is -2.11. The van der Waals surface area contributed by atoms with Gasteiger partial charge in [0.15, 0.2) is 0 Å². The second-order valence-electron chi connectivity index (χ2n) is 3.57. The third-order valence-corrected chi connectivity index (χ3v) is 2.95. The molecule has 0 fully saturated rings. The molecule has 0 unspecified atom stereocenters. The summed E-state index contributed by atoms with van der Waals surface area (Å²) in [7, 11) is 0. The number of nitrogens with two attached hydrogens (primary N) is 1.